The average Bonchev–Trinajstić information content (AvgIpc) is 3.41. The smallest absolute Gasteiger partial charge is 0.145 e. The van der Waals surface area contributed by atoms with Gasteiger partial charge in [0.25, 0.3) is 0 Å². The molecule has 0 amide bonds. The van der Waals surface area contributed by atoms with Crippen LogP contribution in [0.4, 0.5) is 5.82 Å². The third-order valence-corrected chi connectivity index (χ3v) is 6.27. The third kappa shape index (κ3) is 3.39. The van der Waals surface area contributed by atoms with Crippen LogP contribution in [0.2, 0.25) is 0 Å². The van der Waals surface area contributed by atoms with Crippen molar-refractivity contribution in [2.75, 3.05) is 26.0 Å². The molecule has 0 atom stereocenters. The summed E-state index contributed by atoms with van der Waals surface area (Å²) in [5.41, 5.74) is 9.10. The highest BCUT2D eigenvalue weighted by Crippen LogP contribution is 2.41. The number of rotatable bonds is 5. The summed E-state index contributed by atoms with van der Waals surface area (Å²) in [5, 5.41) is 11.6. The van der Waals surface area contributed by atoms with Crippen LogP contribution >= 0.6 is 0 Å². The van der Waals surface area contributed by atoms with E-state index < -0.39 is 0 Å². The Morgan fingerprint density at radius 1 is 1.18 bits per heavy atom. The maximum absolute atomic E-state index is 5.80. The van der Waals surface area contributed by atoms with Gasteiger partial charge in [-0.1, -0.05) is 19.0 Å². The second-order valence-electron chi connectivity index (χ2n) is 8.81. The zero-order valence-corrected chi connectivity index (χ0v) is 20.0. The van der Waals surface area contributed by atoms with Crippen LogP contribution in [0.25, 0.3) is 33.1 Å². The normalized spacial score (nSPS) is 14.4. The number of nitrogens with zero attached hydrogens (tertiary/aromatic N) is 4. The van der Waals surface area contributed by atoms with Gasteiger partial charge in [0.15, 0.2) is 0 Å². The summed E-state index contributed by atoms with van der Waals surface area (Å²) in [4.78, 5) is 12.9. The minimum Gasteiger partial charge on any atom is -0.496 e. The van der Waals surface area contributed by atoms with E-state index in [0.29, 0.717) is 11.7 Å². The second-order valence-corrected chi connectivity index (χ2v) is 8.81. The van der Waals surface area contributed by atoms with Crippen molar-refractivity contribution in [2.24, 2.45) is 5.92 Å². The summed E-state index contributed by atoms with van der Waals surface area (Å²) in [7, 11) is 3.69. The Morgan fingerprint density at radius 2 is 1.97 bits per heavy atom. The van der Waals surface area contributed by atoms with E-state index >= 15 is 0 Å². The Morgan fingerprint density at radius 3 is 2.64 bits per heavy atom. The van der Waals surface area contributed by atoms with E-state index in [1.54, 1.807) is 7.11 Å². The maximum Gasteiger partial charge on any atom is 0.145 e. The number of aryl methyl sites for hydroxylation is 3. The van der Waals surface area contributed by atoms with E-state index in [1.807, 2.05) is 38.9 Å². The SMILES string of the molecule is COc1cc2c(cc1-c1c(C)noc1C)[nH]c1nc(C)nc(NC3=C(C(C)C)CNN3C)c12. The summed E-state index contributed by atoms with van der Waals surface area (Å²) >= 11 is 0. The van der Waals surface area contributed by atoms with E-state index in [2.05, 4.69) is 45.8 Å². The first-order valence-corrected chi connectivity index (χ1v) is 11.1. The van der Waals surface area contributed by atoms with Crippen molar-refractivity contribution in [3.05, 3.63) is 40.8 Å². The van der Waals surface area contributed by atoms with Crippen LogP contribution < -0.4 is 15.5 Å². The van der Waals surface area contributed by atoms with Gasteiger partial charge in [-0.3, -0.25) is 5.01 Å². The number of hydrazine groups is 1. The Balaban J connectivity index is 1.74. The molecule has 0 bridgehead atoms. The minimum atomic E-state index is 0.407. The van der Waals surface area contributed by atoms with Crippen LogP contribution in [-0.4, -0.2) is 45.8 Å². The molecule has 0 saturated heterocycles. The van der Waals surface area contributed by atoms with E-state index in [9.17, 15) is 0 Å². The number of hydrogen-bond acceptors (Lipinski definition) is 8. The number of aromatic amines is 1. The van der Waals surface area contributed by atoms with Crippen molar-refractivity contribution < 1.29 is 9.26 Å². The van der Waals surface area contributed by atoms with Gasteiger partial charge < -0.3 is 19.6 Å². The molecule has 3 aromatic heterocycles. The molecular weight excluding hydrogens is 418 g/mol. The van der Waals surface area contributed by atoms with E-state index in [0.717, 1.165) is 68.5 Å². The van der Waals surface area contributed by atoms with Gasteiger partial charge in [0.05, 0.1) is 23.8 Å². The number of anilines is 1. The molecule has 1 aliphatic rings. The van der Waals surface area contributed by atoms with Crippen molar-refractivity contribution in [1.29, 1.82) is 0 Å². The molecule has 0 fully saturated rings. The third-order valence-electron chi connectivity index (χ3n) is 6.27. The Hall–Kier alpha value is -3.59. The zero-order chi connectivity index (χ0) is 23.4. The molecule has 9 nitrogen and oxygen atoms in total. The fourth-order valence-corrected chi connectivity index (χ4v) is 4.59. The van der Waals surface area contributed by atoms with Gasteiger partial charge in [-0.15, -0.1) is 0 Å². The van der Waals surface area contributed by atoms with Crippen molar-refractivity contribution >= 4 is 27.8 Å². The molecule has 1 aromatic carbocycles. The monoisotopic (exact) mass is 447 g/mol. The zero-order valence-electron chi connectivity index (χ0n) is 20.0. The summed E-state index contributed by atoms with van der Waals surface area (Å²) < 4.78 is 11.2. The standard InChI is InChI=1S/C24H29N7O2/c1-11(2)17-10-25-31(6)24(17)29-23-21-15-9-19(32-7)16(20-12(3)30-33-13(20)4)8-18(15)28-22(21)26-14(5)27-23/h8-9,11,25H,10H2,1-7H3,(H2,26,27,28,29). The Kier molecular flexibility index (Phi) is 5.01. The summed E-state index contributed by atoms with van der Waals surface area (Å²) in [6.07, 6.45) is 0. The number of hydrogen-bond donors (Lipinski definition) is 3. The fourth-order valence-electron chi connectivity index (χ4n) is 4.59. The molecule has 5 rings (SSSR count). The first kappa shape index (κ1) is 21.3. The largest absolute Gasteiger partial charge is 0.496 e. The molecule has 0 unspecified atom stereocenters. The summed E-state index contributed by atoms with van der Waals surface area (Å²) in [5.74, 6) is 4.38. The second kappa shape index (κ2) is 7.77. The number of benzene rings is 1. The summed E-state index contributed by atoms with van der Waals surface area (Å²) in [6, 6.07) is 4.11. The molecule has 9 heteroatoms. The first-order valence-electron chi connectivity index (χ1n) is 11.1. The van der Waals surface area contributed by atoms with Gasteiger partial charge in [0.2, 0.25) is 0 Å². The minimum absolute atomic E-state index is 0.407. The van der Waals surface area contributed by atoms with Crippen LogP contribution in [-0.2, 0) is 0 Å². The van der Waals surface area contributed by atoms with Gasteiger partial charge in [-0.05, 0) is 44.4 Å². The topological polar surface area (TPSA) is 104 Å². The molecule has 4 aromatic rings. The average molecular weight is 448 g/mol. The highest BCUT2D eigenvalue weighted by Gasteiger charge is 2.25. The summed E-state index contributed by atoms with van der Waals surface area (Å²) in [6.45, 7) is 11.0. The van der Waals surface area contributed by atoms with Gasteiger partial charge in [0.1, 0.15) is 34.6 Å². The van der Waals surface area contributed by atoms with E-state index in [-0.39, 0.29) is 0 Å². The highest BCUT2D eigenvalue weighted by molar-refractivity contribution is 6.13. The molecule has 4 heterocycles. The van der Waals surface area contributed by atoms with Crippen LogP contribution in [0, 0.1) is 26.7 Å². The molecular formula is C24H29N7O2. The molecule has 0 aliphatic carbocycles. The molecule has 3 N–H and O–H groups in total. The van der Waals surface area contributed by atoms with Gasteiger partial charge in [-0.25, -0.2) is 15.4 Å². The van der Waals surface area contributed by atoms with Crippen molar-refractivity contribution in [3.8, 4) is 16.9 Å². The number of methoxy groups -OCH3 is 1. The van der Waals surface area contributed by atoms with E-state index in [4.69, 9.17) is 14.2 Å². The van der Waals surface area contributed by atoms with Gasteiger partial charge in [-0.2, -0.15) is 0 Å². The highest BCUT2D eigenvalue weighted by atomic mass is 16.5. The molecule has 0 saturated carbocycles. The predicted molar refractivity (Wildman–Crippen MR) is 129 cm³/mol. The molecule has 0 spiro atoms. The molecule has 0 radical (unpaired) electrons. The number of ether oxygens (including phenoxy) is 1. The number of H-pyrrole nitrogens is 1. The first-order chi connectivity index (χ1) is 15.8. The lowest BCUT2D eigenvalue weighted by atomic mass is 10.0. The van der Waals surface area contributed by atoms with Crippen molar-refractivity contribution in [2.45, 2.75) is 34.6 Å². The number of nitrogens with one attached hydrogen (secondary N) is 3. The lowest BCUT2D eigenvalue weighted by Crippen LogP contribution is -2.30. The predicted octanol–water partition coefficient (Wildman–Crippen LogP) is 4.43. The molecule has 33 heavy (non-hydrogen) atoms. The Bertz CT molecular complexity index is 1390. The quantitative estimate of drug-likeness (QED) is 0.413. The van der Waals surface area contributed by atoms with Crippen molar-refractivity contribution in [1.82, 2.24) is 30.5 Å². The van der Waals surface area contributed by atoms with Gasteiger partial charge >= 0.3 is 0 Å². The fraction of sp³-hybridized carbons (Fsp3) is 0.375. The Labute approximate surface area is 192 Å². The lowest BCUT2D eigenvalue weighted by molar-refractivity contribution is 0.348. The van der Waals surface area contributed by atoms with Crippen LogP contribution in [0.5, 0.6) is 5.75 Å². The van der Waals surface area contributed by atoms with E-state index in [1.165, 1.54) is 5.57 Å². The number of aromatic nitrogens is 4. The van der Waals surface area contributed by atoms with Crippen molar-refractivity contribution in [3.63, 3.8) is 0 Å². The van der Waals surface area contributed by atoms with Crippen LogP contribution in [0.15, 0.2) is 28.0 Å². The number of fused-ring (bicyclic) bond motifs is 3. The molecule has 172 valence electrons. The van der Waals surface area contributed by atoms with Crippen LogP contribution in [0.1, 0.15) is 31.1 Å². The lowest BCUT2D eigenvalue weighted by Gasteiger charge is -2.19. The maximum atomic E-state index is 5.80. The van der Waals surface area contributed by atoms with Crippen LogP contribution in [0.3, 0.4) is 0 Å². The van der Waals surface area contributed by atoms with Gasteiger partial charge in [0, 0.05) is 30.1 Å². The molecule has 1 aliphatic heterocycles.